The second kappa shape index (κ2) is 10.2. The third-order valence-electron chi connectivity index (χ3n) is 5.51. The molecular weight excluding hydrogens is 386 g/mol. The molecule has 0 radical (unpaired) electrons. The maximum atomic E-state index is 12.6. The number of nitrogens with one attached hydrogen (secondary N) is 2. The number of carbonyl (C=O) groups is 3. The number of aliphatic hydroxyl groups is 1. The molecule has 0 saturated heterocycles. The van der Waals surface area contributed by atoms with Gasteiger partial charge in [0.05, 0.1) is 32.3 Å². The summed E-state index contributed by atoms with van der Waals surface area (Å²) in [6.45, 7) is 0.0401. The van der Waals surface area contributed by atoms with Crippen molar-refractivity contribution in [3.8, 4) is 0 Å². The molecule has 2 aliphatic rings. The second-order valence-corrected chi connectivity index (χ2v) is 7.70. The third kappa shape index (κ3) is 5.38. The van der Waals surface area contributed by atoms with Gasteiger partial charge in [0.2, 0.25) is 5.91 Å². The molecule has 1 saturated carbocycles. The van der Waals surface area contributed by atoms with E-state index >= 15 is 0 Å². The van der Waals surface area contributed by atoms with Crippen molar-refractivity contribution >= 4 is 23.5 Å². The number of ether oxygens (including phenoxy) is 1. The zero-order valence-corrected chi connectivity index (χ0v) is 17.3. The van der Waals surface area contributed by atoms with E-state index in [0.717, 1.165) is 18.4 Å². The molecule has 30 heavy (non-hydrogen) atoms. The first-order chi connectivity index (χ1) is 14.5. The summed E-state index contributed by atoms with van der Waals surface area (Å²) < 4.78 is 4.78. The van der Waals surface area contributed by atoms with E-state index in [9.17, 15) is 14.4 Å². The summed E-state index contributed by atoms with van der Waals surface area (Å²) in [5, 5.41) is 15.2. The van der Waals surface area contributed by atoms with E-state index < -0.39 is 5.97 Å². The van der Waals surface area contributed by atoms with E-state index in [1.54, 1.807) is 12.1 Å². The molecule has 3 N–H and O–H groups in total. The fourth-order valence-electron chi connectivity index (χ4n) is 3.91. The highest BCUT2D eigenvalue weighted by Crippen LogP contribution is 2.23. The normalized spacial score (nSPS) is 17.3. The van der Waals surface area contributed by atoms with E-state index in [4.69, 9.17) is 9.84 Å². The van der Waals surface area contributed by atoms with E-state index in [0.29, 0.717) is 12.1 Å². The van der Waals surface area contributed by atoms with Crippen molar-refractivity contribution in [2.45, 2.75) is 44.6 Å². The molecule has 2 amide bonds. The Balaban J connectivity index is 1.63. The lowest BCUT2D eigenvalue weighted by Crippen LogP contribution is -2.37. The summed E-state index contributed by atoms with van der Waals surface area (Å²) in [7, 11) is 1.26. The van der Waals surface area contributed by atoms with Gasteiger partial charge in [0.1, 0.15) is 5.70 Å². The molecule has 0 bridgehead atoms. The van der Waals surface area contributed by atoms with Crippen molar-refractivity contribution in [1.82, 2.24) is 10.2 Å². The van der Waals surface area contributed by atoms with Gasteiger partial charge in [0.25, 0.3) is 5.91 Å². The van der Waals surface area contributed by atoms with Crippen molar-refractivity contribution in [1.29, 1.82) is 0 Å². The summed E-state index contributed by atoms with van der Waals surface area (Å²) in [6, 6.07) is 7.48. The van der Waals surface area contributed by atoms with E-state index in [2.05, 4.69) is 10.6 Å². The number of hydrogen-bond acceptors (Lipinski definition) is 6. The standard InChI is InChI=1S/C22H29N3O5/c1-30-22(29)18-14-25(11-12-26)21(28)20(18)24-17-9-7-15(8-10-17)13-19(27)23-16-5-3-2-4-6-16/h7-10,16,24,26H,2-6,11-14H2,1H3,(H,23,27). The zero-order chi connectivity index (χ0) is 21.5. The van der Waals surface area contributed by atoms with E-state index in [-0.39, 0.29) is 48.8 Å². The largest absolute Gasteiger partial charge is 0.466 e. The lowest BCUT2D eigenvalue weighted by atomic mass is 9.95. The van der Waals surface area contributed by atoms with Gasteiger partial charge in [-0.2, -0.15) is 0 Å². The molecule has 3 rings (SSSR count). The van der Waals surface area contributed by atoms with Crippen LogP contribution in [0.25, 0.3) is 0 Å². The van der Waals surface area contributed by atoms with Gasteiger partial charge in [0.15, 0.2) is 0 Å². The number of nitrogens with zero attached hydrogens (tertiary/aromatic N) is 1. The number of methoxy groups -OCH3 is 1. The molecule has 0 spiro atoms. The lowest BCUT2D eigenvalue weighted by molar-refractivity contribution is -0.136. The van der Waals surface area contributed by atoms with Gasteiger partial charge in [-0.1, -0.05) is 31.4 Å². The lowest BCUT2D eigenvalue weighted by Gasteiger charge is -2.22. The molecule has 1 aliphatic carbocycles. The summed E-state index contributed by atoms with van der Waals surface area (Å²) in [5.74, 6) is -0.924. The van der Waals surface area contributed by atoms with Crippen LogP contribution >= 0.6 is 0 Å². The minimum absolute atomic E-state index is 0.0175. The Hall–Kier alpha value is -2.87. The molecule has 8 heteroatoms. The van der Waals surface area contributed by atoms with Crippen LogP contribution in [-0.2, 0) is 25.5 Å². The molecule has 1 heterocycles. The van der Waals surface area contributed by atoms with Gasteiger partial charge < -0.3 is 25.4 Å². The molecule has 8 nitrogen and oxygen atoms in total. The maximum absolute atomic E-state index is 12.6. The van der Waals surface area contributed by atoms with Crippen molar-refractivity contribution in [3.05, 3.63) is 41.1 Å². The number of aliphatic hydroxyl groups excluding tert-OH is 1. The van der Waals surface area contributed by atoms with Crippen LogP contribution < -0.4 is 10.6 Å². The molecule has 1 aliphatic heterocycles. The summed E-state index contributed by atoms with van der Waals surface area (Å²) in [5.41, 5.74) is 1.88. The minimum Gasteiger partial charge on any atom is -0.466 e. The average molecular weight is 415 g/mol. The monoisotopic (exact) mass is 415 g/mol. The van der Waals surface area contributed by atoms with Crippen LogP contribution in [-0.4, -0.2) is 60.6 Å². The molecule has 0 aromatic heterocycles. The van der Waals surface area contributed by atoms with Crippen LogP contribution in [0.3, 0.4) is 0 Å². The van der Waals surface area contributed by atoms with Crippen molar-refractivity contribution in [2.75, 3.05) is 32.1 Å². The number of anilines is 1. The van der Waals surface area contributed by atoms with Crippen LogP contribution in [0.2, 0.25) is 0 Å². The zero-order valence-electron chi connectivity index (χ0n) is 17.3. The molecule has 0 unspecified atom stereocenters. The van der Waals surface area contributed by atoms with Gasteiger partial charge in [-0.3, -0.25) is 9.59 Å². The number of hydrogen-bond donors (Lipinski definition) is 3. The molecule has 1 aromatic carbocycles. The molecular formula is C22H29N3O5. The van der Waals surface area contributed by atoms with E-state index in [1.807, 2.05) is 12.1 Å². The smallest absolute Gasteiger partial charge is 0.337 e. The Labute approximate surface area is 176 Å². The Morgan fingerprint density at radius 3 is 2.50 bits per heavy atom. The highest BCUT2D eigenvalue weighted by atomic mass is 16.5. The third-order valence-corrected chi connectivity index (χ3v) is 5.51. The van der Waals surface area contributed by atoms with Gasteiger partial charge in [0, 0.05) is 18.3 Å². The number of benzene rings is 1. The number of carbonyl (C=O) groups excluding carboxylic acids is 3. The Morgan fingerprint density at radius 2 is 1.87 bits per heavy atom. The van der Waals surface area contributed by atoms with Crippen molar-refractivity contribution < 1.29 is 24.2 Å². The first-order valence-corrected chi connectivity index (χ1v) is 10.4. The van der Waals surface area contributed by atoms with Crippen molar-refractivity contribution in [3.63, 3.8) is 0 Å². The van der Waals surface area contributed by atoms with Crippen LogP contribution in [0.5, 0.6) is 0 Å². The second-order valence-electron chi connectivity index (χ2n) is 7.70. The molecule has 162 valence electrons. The number of β-amino-alcohol motifs (C(OH)–C–C–N with tert-alkyl or cyclic N) is 1. The number of amides is 2. The quantitative estimate of drug-likeness (QED) is 0.553. The van der Waals surface area contributed by atoms with Gasteiger partial charge in [-0.05, 0) is 30.5 Å². The fourth-order valence-corrected chi connectivity index (χ4v) is 3.91. The van der Waals surface area contributed by atoms with Gasteiger partial charge in [-0.25, -0.2) is 4.79 Å². The minimum atomic E-state index is -0.581. The first-order valence-electron chi connectivity index (χ1n) is 10.4. The SMILES string of the molecule is COC(=O)C1=C(Nc2ccc(CC(=O)NC3CCCCC3)cc2)C(=O)N(CCO)C1. The summed E-state index contributed by atoms with van der Waals surface area (Å²) in [4.78, 5) is 38.3. The Bertz CT molecular complexity index is 813. The Morgan fingerprint density at radius 1 is 1.17 bits per heavy atom. The van der Waals surface area contributed by atoms with Crippen molar-refractivity contribution in [2.24, 2.45) is 0 Å². The fraction of sp³-hybridized carbons (Fsp3) is 0.500. The van der Waals surface area contributed by atoms with Crippen LogP contribution in [0.15, 0.2) is 35.5 Å². The van der Waals surface area contributed by atoms with Crippen LogP contribution in [0.1, 0.15) is 37.7 Å². The predicted octanol–water partition coefficient (Wildman–Crippen LogP) is 1.35. The molecule has 0 atom stereocenters. The van der Waals surface area contributed by atoms with Crippen LogP contribution in [0.4, 0.5) is 5.69 Å². The summed E-state index contributed by atoms with van der Waals surface area (Å²) in [6.07, 6.45) is 5.98. The maximum Gasteiger partial charge on any atom is 0.337 e. The Kier molecular flexibility index (Phi) is 7.46. The highest BCUT2D eigenvalue weighted by Gasteiger charge is 2.34. The van der Waals surface area contributed by atoms with Gasteiger partial charge in [-0.15, -0.1) is 0 Å². The molecule has 1 aromatic rings. The molecule has 1 fully saturated rings. The predicted molar refractivity (Wildman–Crippen MR) is 111 cm³/mol. The van der Waals surface area contributed by atoms with E-state index in [1.165, 1.54) is 31.3 Å². The first kappa shape index (κ1) is 21.8. The van der Waals surface area contributed by atoms with Gasteiger partial charge >= 0.3 is 5.97 Å². The van der Waals surface area contributed by atoms with Crippen LogP contribution in [0, 0.1) is 0 Å². The number of esters is 1. The topological polar surface area (TPSA) is 108 Å². The summed E-state index contributed by atoms with van der Waals surface area (Å²) >= 11 is 0. The average Bonchev–Trinajstić information content (AvgIpc) is 3.05. The highest BCUT2D eigenvalue weighted by molar-refractivity contribution is 6.08. The number of rotatable bonds is 8.